The molecule has 0 radical (unpaired) electrons. The summed E-state index contributed by atoms with van der Waals surface area (Å²) in [6.45, 7) is 1.98. The minimum atomic E-state index is -0.564. The molecule has 3 N–H and O–H groups in total. The molecule has 2 aromatic carbocycles. The molecule has 0 fully saturated rings. The topological polar surface area (TPSA) is 91.4 Å². The Morgan fingerprint density at radius 1 is 1.21 bits per heavy atom. The lowest BCUT2D eigenvalue weighted by Crippen LogP contribution is -2.14. The van der Waals surface area contributed by atoms with Crippen molar-refractivity contribution in [2.24, 2.45) is 0 Å². The van der Waals surface area contributed by atoms with Gasteiger partial charge in [0.25, 0.3) is 0 Å². The maximum atomic E-state index is 12.3. The van der Waals surface area contributed by atoms with Crippen molar-refractivity contribution in [2.75, 3.05) is 11.9 Å². The Kier molecular flexibility index (Phi) is 4.20. The van der Waals surface area contributed by atoms with E-state index in [9.17, 15) is 14.7 Å². The second kappa shape index (κ2) is 6.45. The molecule has 0 unspecified atom stereocenters. The minimum Gasteiger partial charge on any atom is -0.508 e. The highest BCUT2D eigenvalue weighted by Gasteiger charge is 2.11. The summed E-state index contributed by atoms with van der Waals surface area (Å²) in [4.78, 5) is 27.1. The first kappa shape index (κ1) is 15.6. The number of phenolic OH excluding ortho intramolecular Hbond substituents is 1. The number of fused-ring (bicyclic) bond motifs is 1. The number of benzene rings is 2. The lowest BCUT2D eigenvalue weighted by atomic mass is 10.1. The van der Waals surface area contributed by atoms with Crippen LogP contribution in [0.4, 0.5) is 10.5 Å². The molecule has 0 saturated carbocycles. The van der Waals surface area contributed by atoms with Crippen LogP contribution in [0.25, 0.3) is 22.2 Å². The SMILES string of the molecule is CCOC(=O)Nc1ccccc1-c1cc(=O)c2ccc(O)cc2[nH]1. The molecule has 0 aliphatic carbocycles. The Balaban J connectivity index is 2.11. The lowest BCUT2D eigenvalue weighted by molar-refractivity contribution is 0.168. The van der Waals surface area contributed by atoms with Gasteiger partial charge in [-0.2, -0.15) is 0 Å². The molecule has 0 aliphatic rings. The second-order valence-electron chi connectivity index (χ2n) is 5.17. The molecule has 6 heteroatoms. The van der Waals surface area contributed by atoms with Crippen molar-refractivity contribution in [1.29, 1.82) is 0 Å². The summed E-state index contributed by atoms with van der Waals surface area (Å²) in [6, 6.07) is 13.1. The Bertz CT molecular complexity index is 963. The van der Waals surface area contributed by atoms with E-state index < -0.39 is 6.09 Å². The van der Waals surface area contributed by atoms with Crippen LogP contribution in [0, 0.1) is 0 Å². The number of H-pyrrole nitrogens is 1. The van der Waals surface area contributed by atoms with Crippen LogP contribution in [0.15, 0.2) is 53.3 Å². The maximum absolute atomic E-state index is 12.3. The number of ether oxygens (including phenoxy) is 1. The number of para-hydroxylation sites is 1. The Hall–Kier alpha value is -3.28. The fourth-order valence-electron chi connectivity index (χ4n) is 2.49. The average Bonchev–Trinajstić information content (AvgIpc) is 2.55. The van der Waals surface area contributed by atoms with Gasteiger partial charge in [-0.15, -0.1) is 0 Å². The molecule has 1 amide bonds. The monoisotopic (exact) mass is 324 g/mol. The van der Waals surface area contributed by atoms with Crippen LogP contribution in [0.5, 0.6) is 5.75 Å². The summed E-state index contributed by atoms with van der Waals surface area (Å²) in [5, 5.41) is 12.8. The molecule has 24 heavy (non-hydrogen) atoms. The van der Waals surface area contributed by atoms with Gasteiger partial charge in [-0.3, -0.25) is 10.1 Å². The number of aromatic amines is 1. The summed E-state index contributed by atoms with van der Waals surface area (Å²) in [5.41, 5.74) is 2.04. The molecule has 0 aliphatic heterocycles. The highest BCUT2D eigenvalue weighted by Crippen LogP contribution is 2.27. The second-order valence-corrected chi connectivity index (χ2v) is 5.17. The normalized spacial score (nSPS) is 10.5. The molecule has 0 saturated heterocycles. The summed E-state index contributed by atoms with van der Waals surface area (Å²) < 4.78 is 4.89. The standard InChI is InChI=1S/C18H16N2O4/c1-2-24-18(23)20-14-6-4-3-5-12(14)16-10-17(22)13-8-7-11(21)9-15(13)19-16/h3-10,21H,2H2,1H3,(H,19,22)(H,20,23). The zero-order valence-electron chi connectivity index (χ0n) is 13.0. The molecule has 0 spiro atoms. The first-order chi connectivity index (χ1) is 11.6. The molecule has 0 bridgehead atoms. The van der Waals surface area contributed by atoms with Gasteiger partial charge in [-0.25, -0.2) is 4.79 Å². The predicted molar refractivity (Wildman–Crippen MR) is 92.3 cm³/mol. The van der Waals surface area contributed by atoms with Crippen molar-refractivity contribution in [3.63, 3.8) is 0 Å². The Morgan fingerprint density at radius 3 is 2.79 bits per heavy atom. The fourth-order valence-corrected chi connectivity index (χ4v) is 2.49. The van der Waals surface area contributed by atoms with Gasteiger partial charge >= 0.3 is 6.09 Å². The average molecular weight is 324 g/mol. The van der Waals surface area contributed by atoms with E-state index in [1.807, 2.05) is 0 Å². The van der Waals surface area contributed by atoms with Crippen LogP contribution in [-0.4, -0.2) is 22.8 Å². The molecule has 122 valence electrons. The largest absolute Gasteiger partial charge is 0.508 e. The summed E-state index contributed by atoms with van der Waals surface area (Å²) in [7, 11) is 0. The third-order valence-electron chi connectivity index (χ3n) is 3.54. The van der Waals surface area contributed by atoms with E-state index in [-0.39, 0.29) is 17.8 Å². The highest BCUT2D eigenvalue weighted by atomic mass is 16.5. The molecule has 6 nitrogen and oxygen atoms in total. The number of carbonyl (C=O) groups excluding carboxylic acids is 1. The van der Waals surface area contributed by atoms with E-state index in [0.717, 1.165) is 0 Å². The fraction of sp³-hybridized carbons (Fsp3) is 0.111. The quantitative estimate of drug-likeness (QED) is 0.688. The van der Waals surface area contributed by atoms with Crippen LogP contribution in [0.2, 0.25) is 0 Å². The van der Waals surface area contributed by atoms with Gasteiger partial charge in [-0.1, -0.05) is 18.2 Å². The molecular weight excluding hydrogens is 308 g/mol. The third kappa shape index (κ3) is 3.08. The number of aromatic nitrogens is 1. The van der Waals surface area contributed by atoms with Gasteiger partial charge in [0, 0.05) is 23.1 Å². The summed E-state index contributed by atoms with van der Waals surface area (Å²) >= 11 is 0. The van der Waals surface area contributed by atoms with E-state index in [2.05, 4.69) is 10.3 Å². The van der Waals surface area contributed by atoms with Crippen molar-refractivity contribution < 1.29 is 14.6 Å². The molecule has 1 heterocycles. The molecule has 3 aromatic rings. The van der Waals surface area contributed by atoms with Gasteiger partial charge in [0.15, 0.2) is 5.43 Å². The van der Waals surface area contributed by atoms with Crippen LogP contribution in [0.3, 0.4) is 0 Å². The highest BCUT2D eigenvalue weighted by molar-refractivity contribution is 5.92. The Morgan fingerprint density at radius 2 is 2.00 bits per heavy atom. The van der Waals surface area contributed by atoms with Crippen molar-refractivity contribution in [1.82, 2.24) is 4.98 Å². The zero-order chi connectivity index (χ0) is 17.1. The van der Waals surface area contributed by atoms with Gasteiger partial charge in [0.1, 0.15) is 5.75 Å². The van der Waals surface area contributed by atoms with Crippen molar-refractivity contribution in [2.45, 2.75) is 6.92 Å². The predicted octanol–water partition coefficient (Wildman–Crippen LogP) is 3.47. The number of anilines is 1. The molecule has 1 aromatic heterocycles. The van der Waals surface area contributed by atoms with Crippen LogP contribution >= 0.6 is 0 Å². The number of nitrogens with one attached hydrogen (secondary N) is 2. The number of hydrogen-bond acceptors (Lipinski definition) is 4. The van der Waals surface area contributed by atoms with Gasteiger partial charge in [-0.05, 0) is 25.1 Å². The van der Waals surface area contributed by atoms with E-state index in [4.69, 9.17) is 4.74 Å². The first-order valence-corrected chi connectivity index (χ1v) is 7.47. The number of pyridine rings is 1. The first-order valence-electron chi connectivity index (χ1n) is 7.47. The van der Waals surface area contributed by atoms with E-state index in [1.54, 1.807) is 37.3 Å². The number of rotatable bonds is 3. The van der Waals surface area contributed by atoms with Crippen molar-refractivity contribution in [3.05, 3.63) is 58.8 Å². The lowest BCUT2D eigenvalue weighted by Gasteiger charge is -2.12. The van der Waals surface area contributed by atoms with Crippen molar-refractivity contribution in [3.8, 4) is 17.0 Å². The molecule has 3 rings (SSSR count). The molecule has 0 atom stereocenters. The number of aromatic hydroxyl groups is 1. The maximum Gasteiger partial charge on any atom is 0.411 e. The van der Waals surface area contributed by atoms with Crippen LogP contribution in [0.1, 0.15) is 6.92 Å². The summed E-state index contributed by atoms with van der Waals surface area (Å²) in [6.07, 6.45) is -0.564. The minimum absolute atomic E-state index is 0.0632. The van der Waals surface area contributed by atoms with Crippen LogP contribution in [-0.2, 0) is 4.74 Å². The van der Waals surface area contributed by atoms with Gasteiger partial charge in [0.05, 0.1) is 23.5 Å². The van der Waals surface area contributed by atoms with Gasteiger partial charge in [0.2, 0.25) is 0 Å². The number of amides is 1. The summed E-state index contributed by atoms with van der Waals surface area (Å²) in [5.74, 6) is 0.0632. The van der Waals surface area contributed by atoms with Gasteiger partial charge < -0.3 is 14.8 Å². The Labute approximate surface area is 137 Å². The van der Waals surface area contributed by atoms with Crippen LogP contribution < -0.4 is 10.7 Å². The van der Waals surface area contributed by atoms with Crippen molar-refractivity contribution >= 4 is 22.7 Å². The van der Waals surface area contributed by atoms with E-state index in [0.29, 0.717) is 27.8 Å². The molecular formula is C18H16N2O4. The number of phenols is 1. The number of carbonyl (C=O) groups is 1. The zero-order valence-corrected chi connectivity index (χ0v) is 13.0. The number of hydrogen-bond donors (Lipinski definition) is 3. The van der Waals surface area contributed by atoms with E-state index in [1.165, 1.54) is 18.2 Å². The smallest absolute Gasteiger partial charge is 0.411 e. The van der Waals surface area contributed by atoms with E-state index >= 15 is 0 Å². The third-order valence-corrected chi connectivity index (χ3v) is 3.54.